The summed E-state index contributed by atoms with van der Waals surface area (Å²) in [4.78, 5) is 29.3. The topological polar surface area (TPSA) is 56.4 Å². The van der Waals surface area contributed by atoms with Crippen molar-refractivity contribution in [3.63, 3.8) is 0 Å². The molecule has 26 heavy (non-hydrogen) atoms. The standard InChI is InChI=1S/C17H15F4N3O2/c18-11-1-3-12(4-2-11)23-7-9-24(10-8-23)16(26)13-5-6-14(17(19,20)21)22-15(13)25/h1-6H,7-10H2,(H,22,25). The predicted octanol–water partition coefficient (Wildman–Crippen LogP) is 2.50. The van der Waals surface area contributed by atoms with Gasteiger partial charge in [-0.15, -0.1) is 0 Å². The Morgan fingerprint density at radius 1 is 0.962 bits per heavy atom. The molecule has 2 aromatic rings. The lowest BCUT2D eigenvalue weighted by molar-refractivity contribution is -0.141. The molecule has 5 nitrogen and oxygen atoms in total. The quantitative estimate of drug-likeness (QED) is 0.828. The molecule has 0 atom stereocenters. The number of hydrogen-bond donors (Lipinski definition) is 1. The van der Waals surface area contributed by atoms with E-state index in [0.717, 1.165) is 11.8 Å². The van der Waals surface area contributed by atoms with Gasteiger partial charge in [0.05, 0.1) is 0 Å². The van der Waals surface area contributed by atoms with E-state index in [1.54, 1.807) is 17.1 Å². The van der Waals surface area contributed by atoms with Gasteiger partial charge in [0.15, 0.2) is 0 Å². The van der Waals surface area contributed by atoms with Crippen molar-refractivity contribution >= 4 is 11.6 Å². The minimum absolute atomic E-state index is 0.302. The molecule has 2 heterocycles. The Morgan fingerprint density at radius 2 is 1.58 bits per heavy atom. The summed E-state index contributed by atoms with van der Waals surface area (Å²) in [5.74, 6) is -0.956. The number of piperazine rings is 1. The van der Waals surface area contributed by atoms with Crippen LogP contribution >= 0.6 is 0 Å². The van der Waals surface area contributed by atoms with Crippen LogP contribution in [0, 0.1) is 5.82 Å². The zero-order valence-electron chi connectivity index (χ0n) is 13.5. The zero-order chi connectivity index (χ0) is 18.9. The molecule has 0 unspecified atom stereocenters. The van der Waals surface area contributed by atoms with E-state index in [1.165, 1.54) is 17.0 Å². The predicted molar refractivity (Wildman–Crippen MR) is 86.6 cm³/mol. The van der Waals surface area contributed by atoms with Gasteiger partial charge in [0, 0.05) is 31.9 Å². The first-order valence-corrected chi connectivity index (χ1v) is 7.86. The lowest BCUT2D eigenvalue weighted by atomic mass is 10.2. The van der Waals surface area contributed by atoms with Gasteiger partial charge in [0.2, 0.25) is 0 Å². The Kier molecular flexibility index (Phi) is 4.71. The lowest BCUT2D eigenvalue weighted by Crippen LogP contribution is -2.49. The summed E-state index contributed by atoms with van der Waals surface area (Å²) in [6.07, 6.45) is -4.68. The molecule has 0 aliphatic carbocycles. The molecule has 1 aliphatic rings. The number of alkyl halides is 3. The van der Waals surface area contributed by atoms with Crippen molar-refractivity contribution in [1.82, 2.24) is 9.88 Å². The number of anilines is 1. The van der Waals surface area contributed by atoms with Crippen molar-refractivity contribution in [3.05, 3.63) is 63.8 Å². The van der Waals surface area contributed by atoms with Gasteiger partial charge in [-0.2, -0.15) is 13.2 Å². The van der Waals surface area contributed by atoms with E-state index >= 15 is 0 Å². The van der Waals surface area contributed by atoms with Crippen molar-refractivity contribution in [3.8, 4) is 0 Å². The Bertz CT molecular complexity index is 854. The van der Waals surface area contributed by atoms with Gasteiger partial charge in [-0.3, -0.25) is 9.59 Å². The second kappa shape index (κ2) is 6.81. The second-order valence-corrected chi connectivity index (χ2v) is 5.87. The first kappa shape index (κ1) is 18.0. The van der Waals surface area contributed by atoms with Crippen LogP contribution in [0.25, 0.3) is 0 Å². The molecule has 1 aromatic carbocycles. The first-order chi connectivity index (χ1) is 12.3. The number of carbonyl (C=O) groups is 1. The number of hydrogen-bond acceptors (Lipinski definition) is 3. The number of aromatic amines is 1. The highest BCUT2D eigenvalue weighted by molar-refractivity contribution is 5.94. The molecule has 0 saturated carbocycles. The molecule has 1 aromatic heterocycles. The highest BCUT2D eigenvalue weighted by Crippen LogP contribution is 2.26. The molecule has 138 valence electrons. The van der Waals surface area contributed by atoms with Crippen molar-refractivity contribution in [2.24, 2.45) is 0 Å². The van der Waals surface area contributed by atoms with Crippen LogP contribution in [0.2, 0.25) is 0 Å². The fourth-order valence-corrected chi connectivity index (χ4v) is 2.80. The maximum Gasteiger partial charge on any atom is 0.431 e. The molecule has 0 spiro atoms. The third-order valence-electron chi connectivity index (χ3n) is 4.20. The van der Waals surface area contributed by atoms with Crippen LogP contribution in [-0.2, 0) is 6.18 Å². The fourth-order valence-electron chi connectivity index (χ4n) is 2.80. The lowest BCUT2D eigenvalue weighted by Gasteiger charge is -2.36. The van der Waals surface area contributed by atoms with E-state index in [0.29, 0.717) is 32.2 Å². The molecular weight excluding hydrogens is 354 g/mol. The van der Waals surface area contributed by atoms with Crippen molar-refractivity contribution in [2.45, 2.75) is 6.18 Å². The third kappa shape index (κ3) is 3.71. The highest BCUT2D eigenvalue weighted by atomic mass is 19.4. The van der Waals surface area contributed by atoms with Crippen LogP contribution in [-0.4, -0.2) is 42.0 Å². The Hall–Kier alpha value is -2.84. The van der Waals surface area contributed by atoms with Crippen LogP contribution in [0.5, 0.6) is 0 Å². The molecule has 3 rings (SSSR count). The number of carbonyl (C=O) groups excluding carboxylic acids is 1. The zero-order valence-corrected chi connectivity index (χ0v) is 13.5. The number of nitrogens with zero attached hydrogens (tertiary/aromatic N) is 2. The number of halogens is 4. The van der Waals surface area contributed by atoms with Gasteiger partial charge in [0.1, 0.15) is 17.1 Å². The number of benzene rings is 1. The number of pyridine rings is 1. The Labute approximate surface area is 145 Å². The van der Waals surface area contributed by atoms with E-state index in [-0.39, 0.29) is 11.4 Å². The number of nitrogens with one attached hydrogen (secondary N) is 1. The number of H-pyrrole nitrogens is 1. The van der Waals surface area contributed by atoms with E-state index in [1.807, 2.05) is 4.90 Å². The Morgan fingerprint density at radius 3 is 2.12 bits per heavy atom. The van der Waals surface area contributed by atoms with Crippen molar-refractivity contribution in [2.75, 3.05) is 31.1 Å². The minimum atomic E-state index is -4.68. The molecule has 0 radical (unpaired) electrons. The van der Waals surface area contributed by atoms with Crippen LogP contribution in [0.1, 0.15) is 16.1 Å². The number of rotatable bonds is 2. The molecule has 0 bridgehead atoms. The molecule has 1 amide bonds. The largest absolute Gasteiger partial charge is 0.431 e. The average Bonchev–Trinajstić information content (AvgIpc) is 2.61. The maximum absolute atomic E-state index is 13.0. The molecule has 1 saturated heterocycles. The van der Waals surface area contributed by atoms with Gasteiger partial charge in [0.25, 0.3) is 11.5 Å². The summed E-state index contributed by atoms with van der Waals surface area (Å²) in [6.45, 7) is 1.54. The van der Waals surface area contributed by atoms with Crippen LogP contribution in [0.15, 0.2) is 41.2 Å². The Balaban J connectivity index is 1.69. The van der Waals surface area contributed by atoms with E-state index in [2.05, 4.69) is 0 Å². The maximum atomic E-state index is 13.0. The van der Waals surface area contributed by atoms with Gasteiger partial charge in [-0.25, -0.2) is 4.39 Å². The third-order valence-corrected chi connectivity index (χ3v) is 4.20. The monoisotopic (exact) mass is 369 g/mol. The van der Waals surface area contributed by atoms with Crippen molar-refractivity contribution < 1.29 is 22.4 Å². The summed E-state index contributed by atoms with van der Waals surface area (Å²) in [5, 5.41) is 0. The van der Waals surface area contributed by atoms with Gasteiger partial charge < -0.3 is 14.8 Å². The van der Waals surface area contributed by atoms with E-state index in [9.17, 15) is 27.2 Å². The van der Waals surface area contributed by atoms with Gasteiger partial charge >= 0.3 is 6.18 Å². The first-order valence-electron chi connectivity index (χ1n) is 7.86. The fraction of sp³-hybridized carbons (Fsp3) is 0.294. The second-order valence-electron chi connectivity index (χ2n) is 5.87. The van der Waals surface area contributed by atoms with E-state index < -0.39 is 23.3 Å². The summed E-state index contributed by atoms with van der Waals surface area (Å²) in [6, 6.07) is 7.53. The van der Waals surface area contributed by atoms with Gasteiger partial charge in [-0.1, -0.05) is 0 Å². The van der Waals surface area contributed by atoms with Gasteiger partial charge in [-0.05, 0) is 36.4 Å². The molecule has 1 fully saturated rings. The SMILES string of the molecule is O=C(c1ccc(C(F)(F)F)[nH]c1=O)N1CCN(c2ccc(F)cc2)CC1. The molecule has 1 N–H and O–H groups in total. The number of amides is 1. The van der Waals surface area contributed by atoms with E-state index in [4.69, 9.17) is 0 Å². The average molecular weight is 369 g/mol. The molecule has 9 heteroatoms. The molecular formula is C17H15F4N3O2. The summed E-state index contributed by atoms with van der Waals surface area (Å²) >= 11 is 0. The minimum Gasteiger partial charge on any atom is -0.368 e. The summed E-state index contributed by atoms with van der Waals surface area (Å²) < 4.78 is 50.7. The highest BCUT2D eigenvalue weighted by Gasteiger charge is 2.33. The van der Waals surface area contributed by atoms with Crippen LogP contribution in [0.3, 0.4) is 0 Å². The number of aromatic nitrogens is 1. The summed E-state index contributed by atoms with van der Waals surface area (Å²) in [5.41, 5.74) is -1.77. The van der Waals surface area contributed by atoms with Crippen molar-refractivity contribution in [1.29, 1.82) is 0 Å². The molecule has 1 aliphatic heterocycles. The van der Waals surface area contributed by atoms with Crippen LogP contribution < -0.4 is 10.5 Å². The summed E-state index contributed by atoms with van der Waals surface area (Å²) in [7, 11) is 0. The smallest absolute Gasteiger partial charge is 0.368 e. The normalized spacial score (nSPS) is 15.2. The van der Waals surface area contributed by atoms with Crippen LogP contribution in [0.4, 0.5) is 23.2 Å².